The van der Waals surface area contributed by atoms with Gasteiger partial charge in [-0.25, -0.2) is 8.42 Å². The second kappa shape index (κ2) is 9.73. The predicted molar refractivity (Wildman–Crippen MR) is 126 cm³/mol. The third kappa shape index (κ3) is 5.37. The number of hydrogen-bond acceptors (Lipinski definition) is 2. The average molecular weight is 424 g/mol. The summed E-state index contributed by atoms with van der Waals surface area (Å²) in [5.74, 6) is 14.1. The molecule has 3 rings (SSSR count). The molecule has 0 atom stereocenters. The number of sulfonamides is 1. The number of benzene rings is 3. The molecule has 0 aliphatic carbocycles. The van der Waals surface area contributed by atoms with Crippen molar-refractivity contribution in [3.05, 3.63) is 95.1 Å². The molecule has 0 unspecified atom stereocenters. The van der Waals surface area contributed by atoms with E-state index in [-0.39, 0.29) is 11.4 Å². The van der Waals surface area contributed by atoms with Crippen LogP contribution in [0, 0.1) is 49.9 Å². The highest BCUT2D eigenvalue weighted by Crippen LogP contribution is 2.26. The van der Waals surface area contributed by atoms with Crippen LogP contribution in [0.3, 0.4) is 0 Å². The molecule has 0 spiro atoms. The van der Waals surface area contributed by atoms with Crippen LogP contribution in [-0.2, 0) is 10.0 Å². The Morgan fingerprint density at radius 1 is 0.839 bits per heavy atom. The van der Waals surface area contributed by atoms with E-state index >= 15 is 0 Å². The number of rotatable bonds is 4. The van der Waals surface area contributed by atoms with Crippen LogP contribution < -0.4 is 4.31 Å². The fourth-order valence-corrected chi connectivity index (χ4v) is 4.34. The first kappa shape index (κ1) is 21.8. The molecule has 0 fully saturated rings. The molecular weight excluding hydrogens is 402 g/mol. The minimum atomic E-state index is -3.85. The Hall–Kier alpha value is -3.91. The largest absolute Gasteiger partial charge is 0.265 e. The Morgan fingerprint density at radius 3 is 2.26 bits per heavy atom. The molecule has 0 saturated heterocycles. The van der Waals surface area contributed by atoms with Gasteiger partial charge in [0.15, 0.2) is 0 Å². The molecule has 3 aromatic carbocycles. The second-order valence-corrected chi connectivity index (χ2v) is 8.78. The van der Waals surface area contributed by atoms with Crippen molar-refractivity contribution in [3.63, 3.8) is 0 Å². The van der Waals surface area contributed by atoms with E-state index in [0.29, 0.717) is 11.3 Å². The first-order valence-electron chi connectivity index (χ1n) is 9.62. The summed E-state index contributed by atoms with van der Waals surface area (Å²) in [4.78, 5) is 0.176. The molecule has 0 heterocycles. The van der Waals surface area contributed by atoms with Gasteiger partial charge in [0.05, 0.1) is 17.1 Å². The zero-order chi connectivity index (χ0) is 22.3. The fourth-order valence-electron chi connectivity index (χ4n) is 2.94. The Labute approximate surface area is 184 Å². The predicted octanol–water partition coefficient (Wildman–Crippen LogP) is 4.54. The molecule has 0 aliphatic heterocycles. The van der Waals surface area contributed by atoms with Gasteiger partial charge in [0.1, 0.15) is 0 Å². The topological polar surface area (TPSA) is 37.4 Å². The molecule has 0 N–H and O–H groups in total. The quantitative estimate of drug-likeness (QED) is 0.578. The maximum absolute atomic E-state index is 13.3. The summed E-state index contributed by atoms with van der Waals surface area (Å²) in [7, 11) is -3.85. The van der Waals surface area contributed by atoms with Crippen LogP contribution in [0.25, 0.3) is 0 Å². The van der Waals surface area contributed by atoms with Gasteiger partial charge < -0.3 is 0 Å². The van der Waals surface area contributed by atoms with E-state index in [0.717, 1.165) is 16.7 Å². The number of para-hydroxylation sites is 1. The highest BCUT2D eigenvalue weighted by atomic mass is 32.2. The van der Waals surface area contributed by atoms with E-state index in [2.05, 4.69) is 29.6 Å². The van der Waals surface area contributed by atoms with Gasteiger partial charge in [0.25, 0.3) is 10.0 Å². The third-order valence-corrected chi connectivity index (χ3v) is 6.28. The Kier molecular flexibility index (Phi) is 6.84. The van der Waals surface area contributed by atoms with E-state index in [1.807, 2.05) is 38.1 Å². The van der Waals surface area contributed by atoms with Crippen molar-refractivity contribution in [1.82, 2.24) is 0 Å². The van der Waals surface area contributed by atoms with Crippen molar-refractivity contribution >= 4 is 15.7 Å². The first-order valence-corrected chi connectivity index (χ1v) is 11.1. The number of aryl methyl sites for hydroxylation is 2. The Bertz CT molecular complexity index is 1360. The van der Waals surface area contributed by atoms with Crippen LogP contribution >= 0.6 is 0 Å². The van der Waals surface area contributed by atoms with Gasteiger partial charge in [-0.3, -0.25) is 4.31 Å². The van der Waals surface area contributed by atoms with Crippen LogP contribution in [0.4, 0.5) is 5.69 Å². The van der Waals surface area contributed by atoms with Crippen LogP contribution in [0.5, 0.6) is 0 Å². The van der Waals surface area contributed by atoms with Crippen LogP contribution in [0.15, 0.2) is 77.7 Å². The molecule has 3 aromatic rings. The third-order valence-electron chi connectivity index (χ3n) is 4.50. The van der Waals surface area contributed by atoms with Gasteiger partial charge in [-0.2, -0.15) is 0 Å². The van der Waals surface area contributed by atoms with E-state index in [4.69, 9.17) is 6.42 Å². The van der Waals surface area contributed by atoms with Crippen LogP contribution in [-0.4, -0.2) is 15.0 Å². The summed E-state index contributed by atoms with van der Waals surface area (Å²) in [6.45, 7) is 3.80. The van der Waals surface area contributed by atoms with Gasteiger partial charge in [-0.05, 0) is 67.6 Å². The number of anilines is 1. The maximum atomic E-state index is 13.3. The minimum absolute atomic E-state index is 0.107. The average Bonchev–Trinajstić information content (AvgIpc) is 2.76. The van der Waals surface area contributed by atoms with Crippen molar-refractivity contribution in [3.8, 4) is 36.0 Å². The normalized spacial score (nSPS) is 10.1. The maximum Gasteiger partial charge on any atom is 0.265 e. The van der Waals surface area contributed by atoms with Gasteiger partial charge in [0, 0.05) is 11.1 Å². The molecule has 31 heavy (non-hydrogen) atoms. The lowest BCUT2D eigenvalue weighted by molar-refractivity contribution is 0.593. The van der Waals surface area contributed by atoms with Crippen molar-refractivity contribution in [1.29, 1.82) is 0 Å². The summed E-state index contributed by atoms with van der Waals surface area (Å²) >= 11 is 0. The molecule has 3 nitrogen and oxygen atoms in total. The van der Waals surface area contributed by atoms with Crippen LogP contribution in [0.2, 0.25) is 0 Å². The molecule has 152 valence electrons. The summed E-state index contributed by atoms with van der Waals surface area (Å²) in [5, 5.41) is 0. The Morgan fingerprint density at radius 2 is 1.55 bits per heavy atom. The monoisotopic (exact) mass is 423 g/mol. The van der Waals surface area contributed by atoms with Crippen molar-refractivity contribution in [2.45, 2.75) is 18.7 Å². The summed E-state index contributed by atoms with van der Waals surface area (Å²) < 4.78 is 27.8. The van der Waals surface area contributed by atoms with Crippen LogP contribution in [0.1, 0.15) is 22.3 Å². The van der Waals surface area contributed by atoms with Gasteiger partial charge >= 0.3 is 0 Å². The van der Waals surface area contributed by atoms with E-state index in [9.17, 15) is 8.42 Å². The fraction of sp³-hybridized carbons (Fsp3) is 0.111. The van der Waals surface area contributed by atoms with E-state index in [1.54, 1.807) is 48.5 Å². The highest BCUT2D eigenvalue weighted by molar-refractivity contribution is 7.92. The number of hydrogen-bond donors (Lipinski definition) is 0. The molecule has 0 aromatic heterocycles. The van der Waals surface area contributed by atoms with E-state index in [1.165, 1.54) is 4.31 Å². The second-order valence-electron chi connectivity index (χ2n) is 6.92. The molecule has 0 amide bonds. The molecule has 4 heteroatoms. The lowest BCUT2D eigenvalue weighted by Crippen LogP contribution is -2.32. The molecule has 0 aliphatic rings. The molecular formula is C27H21NO2S. The molecule has 0 radical (unpaired) electrons. The summed E-state index contributed by atoms with van der Waals surface area (Å²) in [6.07, 6.45) is 5.50. The van der Waals surface area contributed by atoms with Crippen molar-refractivity contribution < 1.29 is 8.42 Å². The van der Waals surface area contributed by atoms with E-state index < -0.39 is 10.0 Å². The standard InChI is InChI=1S/C27H21NO2S/c1-4-20-28(31(29,30)26-18-16-22(2)17-19-26)27-15-8-7-14-25(27)13-6-5-11-24-12-9-10-23(3)21-24/h1,7-10,12,14-19,21H,20H2,2-3H3. The summed E-state index contributed by atoms with van der Waals surface area (Å²) in [6, 6.07) is 21.5. The first-order chi connectivity index (χ1) is 14.9. The smallest absolute Gasteiger partial charge is 0.253 e. The van der Waals surface area contributed by atoms with Gasteiger partial charge in [-0.1, -0.05) is 59.7 Å². The zero-order valence-electron chi connectivity index (χ0n) is 17.4. The highest BCUT2D eigenvalue weighted by Gasteiger charge is 2.25. The zero-order valence-corrected chi connectivity index (χ0v) is 18.2. The van der Waals surface area contributed by atoms with Crippen molar-refractivity contribution in [2.24, 2.45) is 0 Å². The van der Waals surface area contributed by atoms with Gasteiger partial charge in [-0.15, -0.1) is 6.42 Å². The van der Waals surface area contributed by atoms with Gasteiger partial charge in [0.2, 0.25) is 0 Å². The summed E-state index contributed by atoms with van der Waals surface area (Å²) in [5.41, 5.74) is 3.92. The Balaban J connectivity index is 1.99. The lowest BCUT2D eigenvalue weighted by Gasteiger charge is -2.23. The number of terminal acetylenes is 1. The van der Waals surface area contributed by atoms with Crippen molar-refractivity contribution in [2.75, 3.05) is 10.8 Å². The molecule has 0 bridgehead atoms. The SMILES string of the molecule is C#CCN(c1ccccc1C#CC#Cc1cccc(C)c1)S(=O)(=O)c1ccc(C)cc1. The number of nitrogens with zero attached hydrogens (tertiary/aromatic N) is 1. The minimum Gasteiger partial charge on any atom is -0.253 e. The lowest BCUT2D eigenvalue weighted by atomic mass is 10.1. The molecule has 0 saturated carbocycles.